The normalized spacial score (nSPS) is 20.5. The number of rotatable bonds is 5. The van der Waals surface area contributed by atoms with Crippen LogP contribution in [-0.4, -0.2) is 28.4 Å². The minimum absolute atomic E-state index is 0.0588. The Kier molecular flexibility index (Phi) is 4.58. The fourth-order valence-electron chi connectivity index (χ4n) is 2.63. The molecule has 0 spiro atoms. The van der Waals surface area contributed by atoms with Crippen LogP contribution in [0.2, 0.25) is 0 Å². The lowest BCUT2D eigenvalue weighted by molar-refractivity contribution is -0.138. The predicted molar refractivity (Wildman–Crippen MR) is 74.0 cm³/mol. The van der Waals surface area contributed by atoms with Crippen molar-refractivity contribution in [1.82, 2.24) is 4.90 Å². The first-order chi connectivity index (χ1) is 9.08. The van der Waals surface area contributed by atoms with Crippen LogP contribution >= 0.6 is 11.3 Å². The van der Waals surface area contributed by atoms with Gasteiger partial charge in [0.15, 0.2) is 0 Å². The van der Waals surface area contributed by atoms with E-state index < -0.39 is 5.97 Å². The van der Waals surface area contributed by atoms with E-state index in [0.29, 0.717) is 6.42 Å². The number of hydrogen-bond acceptors (Lipinski definition) is 3. The number of likely N-dealkylation sites (tertiary alicyclic amines) is 1. The number of hydrogen-bond donors (Lipinski definition) is 1. The lowest BCUT2D eigenvalue weighted by Gasteiger charge is -2.25. The fourth-order valence-corrected chi connectivity index (χ4v) is 3.50. The first kappa shape index (κ1) is 14.1. The molecule has 0 aromatic carbocycles. The van der Waals surface area contributed by atoms with Crippen molar-refractivity contribution in [2.24, 2.45) is 5.92 Å². The highest BCUT2D eigenvalue weighted by Crippen LogP contribution is 2.35. The van der Waals surface area contributed by atoms with Crippen molar-refractivity contribution >= 4 is 23.2 Å². The third-order valence-corrected chi connectivity index (χ3v) is 4.46. The Morgan fingerprint density at radius 2 is 2.32 bits per heavy atom. The van der Waals surface area contributed by atoms with Gasteiger partial charge in [0.2, 0.25) is 5.91 Å². The molecule has 0 aliphatic carbocycles. The summed E-state index contributed by atoms with van der Waals surface area (Å²) in [5, 5.41) is 10.8. The number of carboxylic acid groups (broad SMARTS) is 1. The van der Waals surface area contributed by atoms with Gasteiger partial charge in [-0.25, -0.2) is 0 Å². The van der Waals surface area contributed by atoms with Crippen LogP contribution in [0, 0.1) is 5.92 Å². The molecule has 19 heavy (non-hydrogen) atoms. The number of carbonyl (C=O) groups is 2. The summed E-state index contributed by atoms with van der Waals surface area (Å²) in [4.78, 5) is 26.1. The van der Waals surface area contributed by atoms with Gasteiger partial charge >= 0.3 is 5.97 Å². The Morgan fingerprint density at radius 3 is 2.95 bits per heavy atom. The van der Waals surface area contributed by atoms with Gasteiger partial charge < -0.3 is 10.0 Å². The van der Waals surface area contributed by atoms with E-state index in [1.54, 1.807) is 11.3 Å². The Labute approximate surface area is 117 Å². The van der Waals surface area contributed by atoms with E-state index in [1.165, 1.54) is 4.88 Å². The molecule has 2 heterocycles. The van der Waals surface area contributed by atoms with Crippen LogP contribution < -0.4 is 0 Å². The number of carbonyl (C=O) groups excluding carboxylic acids is 1. The minimum Gasteiger partial charge on any atom is -0.481 e. The van der Waals surface area contributed by atoms with Crippen molar-refractivity contribution in [2.75, 3.05) is 6.54 Å². The lowest BCUT2D eigenvalue weighted by Crippen LogP contribution is -2.31. The summed E-state index contributed by atoms with van der Waals surface area (Å²) < 4.78 is 0. The van der Waals surface area contributed by atoms with E-state index in [0.717, 1.165) is 19.4 Å². The van der Waals surface area contributed by atoms with Gasteiger partial charge in [-0.3, -0.25) is 9.59 Å². The van der Waals surface area contributed by atoms with E-state index in [2.05, 4.69) is 6.07 Å². The molecule has 0 saturated carbocycles. The molecule has 1 saturated heterocycles. The van der Waals surface area contributed by atoms with Gasteiger partial charge in [0.1, 0.15) is 0 Å². The molecule has 1 aromatic heterocycles. The molecule has 0 radical (unpaired) electrons. The van der Waals surface area contributed by atoms with E-state index in [1.807, 2.05) is 23.3 Å². The van der Waals surface area contributed by atoms with Gasteiger partial charge in [-0.1, -0.05) is 13.0 Å². The molecule has 104 valence electrons. The molecule has 1 amide bonds. The van der Waals surface area contributed by atoms with Gasteiger partial charge in [-0.05, 0) is 30.2 Å². The van der Waals surface area contributed by atoms with Crippen molar-refractivity contribution in [1.29, 1.82) is 0 Å². The Hall–Kier alpha value is -1.36. The van der Waals surface area contributed by atoms with Crippen LogP contribution in [0.4, 0.5) is 0 Å². The zero-order chi connectivity index (χ0) is 13.8. The maximum Gasteiger partial charge on any atom is 0.303 e. The summed E-state index contributed by atoms with van der Waals surface area (Å²) in [5.74, 6) is -0.851. The molecular formula is C14H19NO3S. The van der Waals surface area contributed by atoms with Crippen LogP contribution in [0.1, 0.15) is 43.5 Å². The van der Waals surface area contributed by atoms with E-state index in [4.69, 9.17) is 5.11 Å². The van der Waals surface area contributed by atoms with Crippen LogP contribution in [0.15, 0.2) is 17.5 Å². The summed E-state index contributed by atoms with van der Waals surface area (Å²) in [7, 11) is 0. The molecule has 1 aliphatic rings. The Morgan fingerprint density at radius 1 is 1.53 bits per heavy atom. The van der Waals surface area contributed by atoms with Crippen molar-refractivity contribution < 1.29 is 14.7 Å². The minimum atomic E-state index is -0.837. The zero-order valence-corrected chi connectivity index (χ0v) is 11.9. The third-order valence-electron chi connectivity index (χ3n) is 3.49. The largest absolute Gasteiger partial charge is 0.481 e. The molecule has 1 fully saturated rings. The highest BCUT2D eigenvalue weighted by Gasteiger charge is 2.31. The average Bonchev–Trinajstić information content (AvgIpc) is 2.98. The van der Waals surface area contributed by atoms with Crippen molar-refractivity contribution in [3.05, 3.63) is 22.4 Å². The summed E-state index contributed by atoms with van der Waals surface area (Å²) in [6.07, 6.45) is 2.43. The second-order valence-electron chi connectivity index (χ2n) is 5.17. The first-order valence-electron chi connectivity index (χ1n) is 6.62. The zero-order valence-electron chi connectivity index (χ0n) is 11.0. The van der Waals surface area contributed by atoms with E-state index >= 15 is 0 Å². The van der Waals surface area contributed by atoms with Gasteiger partial charge in [0.25, 0.3) is 0 Å². The summed E-state index contributed by atoms with van der Waals surface area (Å²) >= 11 is 1.68. The van der Waals surface area contributed by atoms with Crippen molar-refractivity contribution in [3.8, 4) is 0 Å². The van der Waals surface area contributed by atoms with Crippen LogP contribution in [0.3, 0.4) is 0 Å². The second kappa shape index (κ2) is 6.19. The first-order valence-corrected chi connectivity index (χ1v) is 7.50. The maximum atomic E-state index is 12.3. The SMILES string of the molecule is CC(CC(=O)O)CC(=O)N1CCCC1c1cccs1. The molecule has 4 nitrogen and oxygen atoms in total. The molecule has 2 unspecified atom stereocenters. The second-order valence-corrected chi connectivity index (χ2v) is 6.15. The van der Waals surface area contributed by atoms with Gasteiger partial charge in [-0.2, -0.15) is 0 Å². The molecule has 1 aliphatic heterocycles. The lowest BCUT2D eigenvalue weighted by atomic mass is 10.0. The predicted octanol–water partition coefficient (Wildman–Crippen LogP) is 2.91. The van der Waals surface area contributed by atoms with Crippen LogP contribution in [-0.2, 0) is 9.59 Å². The standard InChI is InChI=1S/C14H19NO3S/c1-10(9-14(17)18)8-13(16)15-6-2-4-11(15)12-5-3-7-19-12/h3,5,7,10-11H,2,4,6,8-9H2,1H3,(H,17,18). The van der Waals surface area contributed by atoms with Crippen molar-refractivity contribution in [3.63, 3.8) is 0 Å². The summed E-state index contributed by atoms with van der Waals surface area (Å²) in [6, 6.07) is 4.28. The molecule has 2 atom stereocenters. The number of amides is 1. The quantitative estimate of drug-likeness (QED) is 0.902. The average molecular weight is 281 g/mol. The van der Waals surface area contributed by atoms with Crippen molar-refractivity contribution in [2.45, 2.75) is 38.6 Å². The number of thiophene rings is 1. The molecule has 5 heteroatoms. The fraction of sp³-hybridized carbons (Fsp3) is 0.571. The van der Waals surface area contributed by atoms with Gasteiger partial charge in [0.05, 0.1) is 6.04 Å². The Bertz CT molecular complexity index is 444. The smallest absolute Gasteiger partial charge is 0.303 e. The van der Waals surface area contributed by atoms with E-state index in [-0.39, 0.29) is 24.3 Å². The van der Waals surface area contributed by atoms with Crippen LogP contribution in [0.5, 0.6) is 0 Å². The monoisotopic (exact) mass is 281 g/mol. The summed E-state index contributed by atoms with van der Waals surface area (Å²) in [6.45, 7) is 2.61. The Balaban J connectivity index is 1.96. The summed E-state index contributed by atoms with van der Waals surface area (Å²) in [5.41, 5.74) is 0. The molecular weight excluding hydrogens is 262 g/mol. The molecule has 2 rings (SSSR count). The molecule has 0 bridgehead atoms. The highest BCUT2D eigenvalue weighted by atomic mass is 32.1. The maximum absolute atomic E-state index is 12.3. The number of carboxylic acids is 1. The topological polar surface area (TPSA) is 57.6 Å². The highest BCUT2D eigenvalue weighted by molar-refractivity contribution is 7.10. The molecule has 1 N–H and O–H groups in total. The van der Waals surface area contributed by atoms with Gasteiger partial charge in [-0.15, -0.1) is 11.3 Å². The number of aliphatic carboxylic acids is 1. The van der Waals surface area contributed by atoms with Gasteiger partial charge in [0, 0.05) is 24.3 Å². The molecule has 1 aromatic rings. The van der Waals surface area contributed by atoms with E-state index in [9.17, 15) is 9.59 Å². The number of nitrogens with zero attached hydrogens (tertiary/aromatic N) is 1. The third kappa shape index (κ3) is 3.56. The van der Waals surface area contributed by atoms with Crippen LogP contribution in [0.25, 0.3) is 0 Å².